The third-order valence-corrected chi connectivity index (χ3v) is 2.86. The third kappa shape index (κ3) is 2.64. The minimum Gasteiger partial charge on any atom is -0.326 e. The summed E-state index contributed by atoms with van der Waals surface area (Å²) in [7, 11) is 0. The molecule has 1 aromatic rings. The van der Waals surface area contributed by atoms with Gasteiger partial charge in [0, 0.05) is 16.3 Å². The fraction of sp³-hybridized carbons (Fsp3) is 0.556. The van der Waals surface area contributed by atoms with E-state index in [9.17, 15) is 0 Å². The van der Waals surface area contributed by atoms with E-state index in [1.54, 1.807) is 0 Å². The Morgan fingerprint density at radius 1 is 1.36 bits per heavy atom. The molecule has 1 nitrogen and oxygen atoms in total. The van der Waals surface area contributed by atoms with E-state index < -0.39 is 0 Å². The van der Waals surface area contributed by atoms with Gasteiger partial charge in [-0.05, 0) is 25.0 Å². The highest BCUT2D eigenvalue weighted by Gasteiger charge is 1.96. The van der Waals surface area contributed by atoms with Crippen LogP contribution < -0.4 is 5.73 Å². The molecule has 0 aliphatic heterocycles. The molecule has 0 bridgehead atoms. The van der Waals surface area contributed by atoms with Gasteiger partial charge in [0.1, 0.15) is 0 Å². The molecule has 0 aromatic carbocycles. The highest BCUT2D eigenvalue weighted by molar-refractivity contribution is 7.11. The van der Waals surface area contributed by atoms with Crippen LogP contribution in [0.3, 0.4) is 0 Å². The summed E-state index contributed by atoms with van der Waals surface area (Å²) in [6.07, 6.45) is 3.79. The molecule has 2 heteroatoms. The number of hydrogen-bond acceptors (Lipinski definition) is 2. The van der Waals surface area contributed by atoms with Gasteiger partial charge >= 0.3 is 0 Å². The fourth-order valence-corrected chi connectivity index (χ4v) is 1.96. The van der Waals surface area contributed by atoms with Crippen LogP contribution in [0.15, 0.2) is 12.1 Å². The molecule has 11 heavy (non-hydrogen) atoms. The van der Waals surface area contributed by atoms with Gasteiger partial charge in [-0.3, -0.25) is 0 Å². The van der Waals surface area contributed by atoms with E-state index in [1.807, 2.05) is 11.3 Å². The largest absolute Gasteiger partial charge is 0.326 e. The molecular weight excluding hydrogens is 154 g/mol. The van der Waals surface area contributed by atoms with Crippen LogP contribution in [0.2, 0.25) is 0 Å². The van der Waals surface area contributed by atoms with Crippen molar-refractivity contribution in [2.24, 2.45) is 5.73 Å². The maximum atomic E-state index is 5.50. The van der Waals surface area contributed by atoms with Crippen molar-refractivity contribution in [3.8, 4) is 0 Å². The Bertz CT molecular complexity index is 205. The van der Waals surface area contributed by atoms with Crippen LogP contribution in [-0.4, -0.2) is 0 Å². The standard InChI is InChI=1S/C9H15NS/c1-2-3-4-8-5-6-9(7-10)11-8/h5-6H,2-4,7,10H2,1H3. The SMILES string of the molecule is CCCCc1ccc(CN)s1. The molecule has 0 spiro atoms. The zero-order valence-corrected chi connectivity index (χ0v) is 7.79. The quantitative estimate of drug-likeness (QED) is 0.736. The molecule has 1 heterocycles. The van der Waals surface area contributed by atoms with E-state index in [0.717, 1.165) is 0 Å². The topological polar surface area (TPSA) is 26.0 Å². The molecule has 0 fully saturated rings. The number of rotatable bonds is 4. The van der Waals surface area contributed by atoms with E-state index in [4.69, 9.17) is 5.73 Å². The van der Waals surface area contributed by atoms with Crippen molar-refractivity contribution < 1.29 is 0 Å². The molecule has 62 valence electrons. The summed E-state index contributed by atoms with van der Waals surface area (Å²) in [6, 6.07) is 4.33. The third-order valence-electron chi connectivity index (χ3n) is 1.70. The van der Waals surface area contributed by atoms with Crippen LogP contribution in [0.4, 0.5) is 0 Å². The van der Waals surface area contributed by atoms with Gasteiger partial charge in [0.25, 0.3) is 0 Å². The molecule has 1 aromatic heterocycles. The second-order valence-corrected chi connectivity index (χ2v) is 3.93. The maximum absolute atomic E-state index is 5.50. The van der Waals surface area contributed by atoms with Gasteiger partial charge in [0.2, 0.25) is 0 Å². The number of hydrogen-bond donors (Lipinski definition) is 1. The Morgan fingerprint density at radius 2 is 2.09 bits per heavy atom. The Hall–Kier alpha value is -0.340. The van der Waals surface area contributed by atoms with Crippen LogP contribution >= 0.6 is 11.3 Å². The lowest BCUT2D eigenvalue weighted by atomic mass is 10.2. The normalized spacial score (nSPS) is 10.4. The van der Waals surface area contributed by atoms with Crippen LogP contribution in [-0.2, 0) is 13.0 Å². The Kier molecular flexibility index (Phi) is 3.60. The van der Waals surface area contributed by atoms with E-state index in [0.29, 0.717) is 6.54 Å². The van der Waals surface area contributed by atoms with Gasteiger partial charge in [-0.25, -0.2) is 0 Å². The Morgan fingerprint density at radius 3 is 2.64 bits per heavy atom. The van der Waals surface area contributed by atoms with Gasteiger partial charge < -0.3 is 5.73 Å². The highest BCUT2D eigenvalue weighted by atomic mass is 32.1. The van der Waals surface area contributed by atoms with Crippen molar-refractivity contribution in [3.63, 3.8) is 0 Å². The number of thiophene rings is 1. The van der Waals surface area contributed by atoms with E-state index >= 15 is 0 Å². The summed E-state index contributed by atoms with van der Waals surface area (Å²) in [4.78, 5) is 2.78. The summed E-state index contributed by atoms with van der Waals surface area (Å²) in [5, 5.41) is 0. The minimum absolute atomic E-state index is 0.691. The number of unbranched alkanes of at least 4 members (excludes halogenated alkanes) is 1. The summed E-state index contributed by atoms with van der Waals surface area (Å²) in [5.41, 5.74) is 5.50. The van der Waals surface area contributed by atoms with Crippen molar-refractivity contribution in [1.29, 1.82) is 0 Å². The first kappa shape index (κ1) is 8.75. The van der Waals surface area contributed by atoms with Gasteiger partial charge in [-0.2, -0.15) is 0 Å². The molecule has 0 radical (unpaired) electrons. The predicted molar refractivity (Wildman–Crippen MR) is 50.8 cm³/mol. The molecule has 2 N–H and O–H groups in total. The molecule has 0 aliphatic carbocycles. The summed E-state index contributed by atoms with van der Waals surface area (Å²) in [5.74, 6) is 0. The van der Waals surface area contributed by atoms with E-state index in [1.165, 1.54) is 29.0 Å². The van der Waals surface area contributed by atoms with Gasteiger partial charge in [-0.15, -0.1) is 11.3 Å². The summed E-state index contributed by atoms with van der Waals surface area (Å²) in [6.45, 7) is 2.91. The van der Waals surface area contributed by atoms with Crippen molar-refractivity contribution in [1.82, 2.24) is 0 Å². The second-order valence-electron chi connectivity index (χ2n) is 2.68. The zero-order valence-electron chi connectivity index (χ0n) is 6.97. The average molecular weight is 169 g/mol. The lowest BCUT2D eigenvalue weighted by molar-refractivity contribution is 0.804. The average Bonchev–Trinajstić information content (AvgIpc) is 2.48. The molecule has 0 atom stereocenters. The minimum atomic E-state index is 0.691. The zero-order chi connectivity index (χ0) is 8.10. The first-order valence-electron chi connectivity index (χ1n) is 4.14. The van der Waals surface area contributed by atoms with E-state index in [-0.39, 0.29) is 0 Å². The van der Waals surface area contributed by atoms with Crippen molar-refractivity contribution in [3.05, 3.63) is 21.9 Å². The molecule has 0 saturated heterocycles. The van der Waals surface area contributed by atoms with Crippen molar-refractivity contribution >= 4 is 11.3 Å². The fourth-order valence-electron chi connectivity index (χ4n) is 1.02. The first-order chi connectivity index (χ1) is 5.36. The molecule has 0 amide bonds. The van der Waals surface area contributed by atoms with Crippen LogP contribution in [0.1, 0.15) is 29.5 Å². The van der Waals surface area contributed by atoms with Gasteiger partial charge in [0.05, 0.1) is 0 Å². The molecule has 1 rings (SSSR count). The molecular formula is C9H15NS. The monoisotopic (exact) mass is 169 g/mol. The highest BCUT2D eigenvalue weighted by Crippen LogP contribution is 2.17. The molecule has 0 unspecified atom stereocenters. The summed E-state index contributed by atoms with van der Waals surface area (Å²) >= 11 is 1.85. The predicted octanol–water partition coefficient (Wildman–Crippen LogP) is 2.55. The lowest BCUT2D eigenvalue weighted by Crippen LogP contribution is -1.91. The van der Waals surface area contributed by atoms with E-state index in [2.05, 4.69) is 19.1 Å². The first-order valence-corrected chi connectivity index (χ1v) is 4.96. The molecule has 0 aliphatic rings. The maximum Gasteiger partial charge on any atom is 0.0273 e. The second kappa shape index (κ2) is 4.52. The number of aryl methyl sites for hydroxylation is 1. The van der Waals surface area contributed by atoms with Crippen LogP contribution in [0.5, 0.6) is 0 Å². The van der Waals surface area contributed by atoms with Crippen molar-refractivity contribution in [2.45, 2.75) is 32.7 Å². The van der Waals surface area contributed by atoms with Crippen LogP contribution in [0.25, 0.3) is 0 Å². The Labute approximate surface area is 72.2 Å². The summed E-state index contributed by atoms with van der Waals surface area (Å²) < 4.78 is 0. The van der Waals surface area contributed by atoms with Crippen LogP contribution in [0, 0.1) is 0 Å². The van der Waals surface area contributed by atoms with Gasteiger partial charge in [0.15, 0.2) is 0 Å². The van der Waals surface area contributed by atoms with Crippen molar-refractivity contribution in [2.75, 3.05) is 0 Å². The smallest absolute Gasteiger partial charge is 0.0273 e. The number of nitrogens with two attached hydrogens (primary N) is 1. The van der Waals surface area contributed by atoms with Gasteiger partial charge in [-0.1, -0.05) is 13.3 Å². The lowest BCUT2D eigenvalue weighted by Gasteiger charge is -1.91. The molecule has 0 saturated carbocycles. The Balaban J connectivity index is 2.44.